The smallest absolute Gasteiger partial charge is 0.269 e. The largest absolute Gasteiger partial charge is 0.388 e. The van der Waals surface area contributed by atoms with Gasteiger partial charge in [0.1, 0.15) is 0 Å². The highest BCUT2D eigenvalue weighted by Crippen LogP contribution is 2.31. The second-order valence-corrected chi connectivity index (χ2v) is 9.34. The number of carbonyl (C=O) groups is 1. The van der Waals surface area contributed by atoms with Crippen LogP contribution in [0.2, 0.25) is 0 Å². The lowest BCUT2D eigenvalue weighted by Crippen LogP contribution is -2.40. The van der Waals surface area contributed by atoms with Crippen molar-refractivity contribution in [3.05, 3.63) is 112 Å². The maximum atomic E-state index is 13.3. The molecular formula is C29H28N4O4. The van der Waals surface area contributed by atoms with Gasteiger partial charge < -0.3 is 10.0 Å². The molecule has 0 spiro atoms. The fourth-order valence-corrected chi connectivity index (χ4v) is 4.90. The van der Waals surface area contributed by atoms with Crippen LogP contribution in [0.5, 0.6) is 0 Å². The lowest BCUT2D eigenvalue weighted by Gasteiger charge is -2.34. The summed E-state index contributed by atoms with van der Waals surface area (Å²) in [5.41, 5.74) is 3.88. The Kier molecular flexibility index (Phi) is 7.09. The van der Waals surface area contributed by atoms with E-state index in [1.807, 2.05) is 71.8 Å². The van der Waals surface area contributed by atoms with Crippen molar-refractivity contribution in [1.29, 1.82) is 0 Å². The van der Waals surface area contributed by atoms with Crippen LogP contribution in [0.25, 0.3) is 16.9 Å². The first kappa shape index (κ1) is 24.4. The first-order chi connectivity index (χ1) is 18.0. The van der Waals surface area contributed by atoms with Gasteiger partial charge in [-0.2, -0.15) is 5.10 Å². The van der Waals surface area contributed by atoms with E-state index in [4.69, 9.17) is 5.10 Å². The number of nitrogens with zero attached hydrogens (tertiary/aromatic N) is 4. The van der Waals surface area contributed by atoms with Gasteiger partial charge in [-0.3, -0.25) is 14.9 Å². The lowest BCUT2D eigenvalue weighted by atomic mass is 9.87. The molecule has 3 aromatic carbocycles. The molecule has 1 N–H and O–H groups in total. The van der Waals surface area contributed by atoms with Crippen LogP contribution in [0.1, 0.15) is 30.1 Å². The highest BCUT2D eigenvalue weighted by atomic mass is 16.6. The van der Waals surface area contributed by atoms with E-state index >= 15 is 0 Å². The number of likely N-dealkylation sites (tertiary alicyclic amines) is 1. The minimum Gasteiger partial charge on any atom is -0.388 e. The van der Waals surface area contributed by atoms with E-state index in [1.165, 1.54) is 12.1 Å². The van der Waals surface area contributed by atoms with E-state index in [2.05, 4.69) is 0 Å². The number of carbonyl (C=O) groups excluding carboxylic acids is 1. The van der Waals surface area contributed by atoms with E-state index in [0.717, 1.165) is 29.7 Å². The molecule has 1 fully saturated rings. The van der Waals surface area contributed by atoms with Crippen molar-refractivity contribution in [3.8, 4) is 16.9 Å². The third kappa shape index (κ3) is 5.44. The maximum absolute atomic E-state index is 13.3. The van der Waals surface area contributed by atoms with Crippen LogP contribution in [-0.4, -0.2) is 43.7 Å². The highest BCUT2D eigenvalue weighted by molar-refractivity contribution is 5.81. The van der Waals surface area contributed by atoms with Crippen molar-refractivity contribution < 1.29 is 14.8 Å². The van der Waals surface area contributed by atoms with Crippen molar-refractivity contribution in [2.75, 3.05) is 13.1 Å². The Bertz CT molecular complexity index is 1360. The van der Waals surface area contributed by atoms with Crippen LogP contribution in [0.3, 0.4) is 0 Å². The fourth-order valence-electron chi connectivity index (χ4n) is 4.90. The summed E-state index contributed by atoms with van der Waals surface area (Å²) < 4.78 is 1.74. The van der Waals surface area contributed by atoms with Gasteiger partial charge in [0.2, 0.25) is 5.91 Å². The predicted octanol–water partition coefficient (Wildman–Crippen LogP) is 4.96. The van der Waals surface area contributed by atoms with Gasteiger partial charge in [-0.25, -0.2) is 4.68 Å². The maximum Gasteiger partial charge on any atom is 0.269 e. The molecule has 0 radical (unpaired) electrons. The van der Waals surface area contributed by atoms with Gasteiger partial charge in [0.25, 0.3) is 5.69 Å². The van der Waals surface area contributed by atoms with Crippen molar-refractivity contribution in [3.63, 3.8) is 0 Å². The Morgan fingerprint density at radius 2 is 1.59 bits per heavy atom. The zero-order valence-corrected chi connectivity index (χ0v) is 20.3. The summed E-state index contributed by atoms with van der Waals surface area (Å²) >= 11 is 0. The number of aliphatic hydroxyl groups is 1. The number of aromatic nitrogens is 2. The van der Waals surface area contributed by atoms with Gasteiger partial charge in [0.15, 0.2) is 0 Å². The molecule has 1 aliphatic rings. The topological polar surface area (TPSA) is 102 Å². The van der Waals surface area contributed by atoms with E-state index in [-0.39, 0.29) is 23.9 Å². The second-order valence-electron chi connectivity index (χ2n) is 9.34. The first-order valence-electron chi connectivity index (χ1n) is 12.4. The number of hydrogen-bond donors (Lipinski definition) is 1. The number of rotatable bonds is 7. The van der Waals surface area contributed by atoms with Crippen molar-refractivity contribution >= 4 is 11.6 Å². The number of para-hydroxylation sites is 1. The fraction of sp³-hybridized carbons (Fsp3) is 0.241. The molecule has 1 unspecified atom stereocenters. The molecule has 5 rings (SSSR count). The number of hydrogen-bond acceptors (Lipinski definition) is 5. The quantitative estimate of drug-likeness (QED) is 0.288. The lowest BCUT2D eigenvalue weighted by molar-refractivity contribution is -0.384. The zero-order valence-electron chi connectivity index (χ0n) is 20.3. The summed E-state index contributed by atoms with van der Waals surface area (Å²) in [6, 6.07) is 25.5. The highest BCUT2D eigenvalue weighted by Gasteiger charge is 2.29. The normalized spacial score (nSPS) is 14.9. The molecule has 1 aliphatic heterocycles. The van der Waals surface area contributed by atoms with Crippen LogP contribution in [0, 0.1) is 16.0 Å². The van der Waals surface area contributed by atoms with Crippen LogP contribution in [0.4, 0.5) is 5.69 Å². The molecule has 2 heterocycles. The summed E-state index contributed by atoms with van der Waals surface area (Å²) in [7, 11) is 0. The number of nitro groups is 1. The Labute approximate surface area is 214 Å². The third-order valence-corrected chi connectivity index (χ3v) is 6.98. The van der Waals surface area contributed by atoms with Crippen LogP contribution in [0.15, 0.2) is 91.1 Å². The Hall–Kier alpha value is -4.30. The molecule has 1 saturated heterocycles. The zero-order chi connectivity index (χ0) is 25.8. The molecular weight excluding hydrogens is 468 g/mol. The Morgan fingerprint density at radius 3 is 2.22 bits per heavy atom. The molecule has 8 heteroatoms. The Morgan fingerprint density at radius 1 is 0.973 bits per heavy atom. The number of non-ortho nitro benzene ring substituents is 1. The number of piperidine rings is 1. The molecule has 4 aromatic rings. The van der Waals surface area contributed by atoms with Gasteiger partial charge in [-0.15, -0.1) is 0 Å². The van der Waals surface area contributed by atoms with Gasteiger partial charge in [0, 0.05) is 42.5 Å². The first-order valence-corrected chi connectivity index (χ1v) is 12.4. The van der Waals surface area contributed by atoms with E-state index in [9.17, 15) is 20.0 Å². The predicted molar refractivity (Wildman–Crippen MR) is 140 cm³/mol. The van der Waals surface area contributed by atoms with Gasteiger partial charge in [0.05, 0.1) is 28.8 Å². The van der Waals surface area contributed by atoms with E-state index in [0.29, 0.717) is 24.3 Å². The van der Waals surface area contributed by atoms with Crippen LogP contribution < -0.4 is 0 Å². The minimum atomic E-state index is -0.531. The SMILES string of the molecule is O=C(Cc1cn(-c2ccccc2)nc1-c1ccc([N+](=O)[O-])cc1)N1CCC(C(O)c2ccccc2)CC1. The van der Waals surface area contributed by atoms with Gasteiger partial charge in [-0.1, -0.05) is 48.5 Å². The average Bonchev–Trinajstić information content (AvgIpc) is 3.37. The van der Waals surface area contributed by atoms with E-state index in [1.54, 1.807) is 16.8 Å². The molecule has 8 nitrogen and oxygen atoms in total. The molecule has 1 atom stereocenters. The minimum absolute atomic E-state index is 0.00317. The third-order valence-electron chi connectivity index (χ3n) is 6.98. The molecule has 0 aliphatic carbocycles. The number of nitro benzene ring substituents is 1. The number of amides is 1. The molecule has 0 saturated carbocycles. The summed E-state index contributed by atoms with van der Waals surface area (Å²) in [5.74, 6) is 0.117. The molecule has 1 amide bonds. The molecule has 0 bridgehead atoms. The number of benzene rings is 3. The van der Waals surface area contributed by atoms with Crippen LogP contribution in [-0.2, 0) is 11.2 Å². The summed E-state index contributed by atoms with van der Waals surface area (Å²) in [6.07, 6.45) is 2.97. The van der Waals surface area contributed by atoms with Gasteiger partial charge >= 0.3 is 0 Å². The van der Waals surface area contributed by atoms with Gasteiger partial charge in [-0.05, 0) is 48.6 Å². The summed E-state index contributed by atoms with van der Waals surface area (Å²) in [5, 5.41) is 26.6. The Balaban J connectivity index is 1.33. The second kappa shape index (κ2) is 10.8. The summed E-state index contributed by atoms with van der Waals surface area (Å²) in [6.45, 7) is 1.18. The van der Waals surface area contributed by atoms with Crippen molar-refractivity contribution in [2.45, 2.75) is 25.4 Å². The standard InChI is InChI=1S/C29H28N4O4/c34-27(31-17-15-23(16-18-31)29(35)22-7-3-1-4-8-22)19-24-20-32(25-9-5-2-6-10-25)30-28(24)21-11-13-26(14-12-21)33(36)37/h1-14,20,23,29,35H,15-19H2. The van der Waals surface area contributed by atoms with E-state index < -0.39 is 11.0 Å². The molecule has 37 heavy (non-hydrogen) atoms. The monoisotopic (exact) mass is 496 g/mol. The molecule has 1 aromatic heterocycles. The van der Waals surface area contributed by atoms with Crippen molar-refractivity contribution in [2.24, 2.45) is 5.92 Å². The van der Waals surface area contributed by atoms with Crippen LogP contribution >= 0.6 is 0 Å². The van der Waals surface area contributed by atoms with Crippen molar-refractivity contribution in [1.82, 2.24) is 14.7 Å². The average molecular weight is 497 g/mol. The molecule has 188 valence electrons. The number of aliphatic hydroxyl groups excluding tert-OH is 1. The summed E-state index contributed by atoms with van der Waals surface area (Å²) in [4.78, 5) is 25.8.